The van der Waals surface area contributed by atoms with Crippen LogP contribution in [0.1, 0.15) is 36.2 Å². The summed E-state index contributed by atoms with van der Waals surface area (Å²) in [7, 11) is 0. The standard InChI is InChI=1S/C14H18BrN3/c1-4-12(11-7-5-9(2)6-8-11)18-14(16)13(15)10(3)17-18/h5-8,12H,4,16H2,1-3H3. The van der Waals surface area contributed by atoms with Crippen LogP contribution in [-0.4, -0.2) is 9.78 Å². The average molecular weight is 308 g/mol. The minimum atomic E-state index is 0.190. The number of halogens is 1. The van der Waals surface area contributed by atoms with Crippen LogP contribution in [0.2, 0.25) is 0 Å². The van der Waals surface area contributed by atoms with Gasteiger partial charge in [-0.05, 0) is 41.8 Å². The lowest BCUT2D eigenvalue weighted by molar-refractivity contribution is 0.513. The topological polar surface area (TPSA) is 43.8 Å². The van der Waals surface area contributed by atoms with Crippen LogP contribution in [0.3, 0.4) is 0 Å². The molecule has 3 nitrogen and oxygen atoms in total. The number of hydrogen-bond acceptors (Lipinski definition) is 2. The highest BCUT2D eigenvalue weighted by Crippen LogP contribution is 2.30. The maximum Gasteiger partial charge on any atom is 0.137 e. The molecule has 1 atom stereocenters. The van der Waals surface area contributed by atoms with Gasteiger partial charge in [0.25, 0.3) is 0 Å². The number of nitrogens with two attached hydrogens (primary N) is 1. The fraction of sp³-hybridized carbons (Fsp3) is 0.357. The Morgan fingerprint density at radius 1 is 1.28 bits per heavy atom. The molecule has 0 fully saturated rings. The summed E-state index contributed by atoms with van der Waals surface area (Å²) in [6.45, 7) is 6.20. The summed E-state index contributed by atoms with van der Waals surface area (Å²) in [5.74, 6) is 0.694. The van der Waals surface area contributed by atoms with Crippen molar-refractivity contribution in [3.63, 3.8) is 0 Å². The van der Waals surface area contributed by atoms with Crippen LogP contribution >= 0.6 is 15.9 Å². The lowest BCUT2D eigenvalue weighted by Gasteiger charge is -2.17. The molecule has 0 aliphatic rings. The molecule has 0 radical (unpaired) electrons. The van der Waals surface area contributed by atoms with E-state index in [0.29, 0.717) is 5.82 Å². The number of aromatic nitrogens is 2. The molecule has 1 unspecified atom stereocenters. The van der Waals surface area contributed by atoms with E-state index in [9.17, 15) is 0 Å². The third-order valence-electron chi connectivity index (χ3n) is 3.19. The summed E-state index contributed by atoms with van der Waals surface area (Å²) in [6, 6.07) is 8.73. The molecular weight excluding hydrogens is 290 g/mol. The van der Waals surface area contributed by atoms with Gasteiger partial charge in [-0.25, -0.2) is 4.68 Å². The zero-order chi connectivity index (χ0) is 13.3. The van der Waals surface area contributed by atoms with Crippen LogP contribution in [-0.2, 0) is 0 Å². The average Bonchev–Trinajstić information content (AvgIpc) is 2.61. The van der Waals surface area contributed by atoms with Crippen LogP contribution in [0.4, 0.5) is 5.82 Å². The highest BCUT2D eigenvalue weighted by Gasteiger charge is 2.18. The lowest BCUT2D eigenvalue weighted by Crippen LogP contribution is -2.14. The zero-order valence-corrected chi connectivity index (χ0v) is 12.5. The first-order chi connectivity index (χ1) is 8.54. The molecule has 0 aliphatic heterocycles. The quantitative estimate of drug-likeness (QED) is 0.936. The van der Waals surface area contributed by atoms with Gasteiger partial charge in [0.1, 0.15) is 5.82 Å². The fourth-order valence-corrected chi connectivity index (χ4v) is 2.38. The fourth-order valence-electron chi connectivity index (χ4n) is 2.12. The van der Waals surface area contributed by atoms with E-state index in [-0.39, 0.29) is 6.04 Å². The molecule has 0 bridgehead atoms. The van der Waals surface area contributed by atoms with E-state index in [2.05, 4.69) is 59.1 Å². The number of aryl methyl sites for hydroxylation is 2. The van der Waals surface area contributed by atoms with Crippen molar-refractivity contribution in [2.75, 3.05) is 5.73 Å². The van der Waals surface area contributed by atoms with Gasteiger partial charge in [-0.2, -0.15) is 5.10 Å². The molecule has 0 amide bonds. The van der Waals surface area contributed by atoms with E-state index < -0.39 is 0 Å². The second kappa shape index (κ2) is 5.14. The number of hydrogen-bond donors (Lipinski definition) is 1. The minimum Gasteiger partial charge on any atom is -0.383 e. The van der Waals surface area contributed by atoms with Crippen molar-refractivity contribution in [2.24, 2.45) is 0 Å². The second-order valence-corrected chi connectivity index (χ2v) is 5.36. The van der Waals surface area contributed by atoms with Gasteiger partial charge in [-0.3, -0.25) is 0 Å². The Labute approximate surface area is 116 Å². The molecule has 2 aromatic rings. The van der Waals surface area contributed by atoms with Crippen molar-refractivity contribution in [1.82, 2.24) is 9.78 Å². The molecule has 0 saturated carbocycles. The van der Waals surface area contributed by atoms with E-state index in [4.69, 9.17) is 5.73 Å². The summed E-state index contributed by atoms with van der Waals surface area (Å²) in [6.07, 6.45) is 0.959. The van der Waals surface area contributed by atoms with E-state index in [1.54, 1.807) is 0 Å². The first kappa shape index (κ1) is 13.1. The maximum atomic E-state index is 6.10. The molecule has 18 heavy (non-hydrogen) atoms. The maximum absolute atomic E-state index is 6.10. The third-order valence-corrected chi connectivity index (χ3v) is 4.17. The molecule has 2 rings (SSSR count). The molecule has 1 aromatic carbocycles. The van der Waals surface area contributed by atoms with Crippen molar-refractivity contribution in [2.45, 2.75) is 33.2 Å². The first-order valence-corrected chi connectivity index (χ1v) is 6.90. The number of rotatable bonds is 3. The summed E-state index contributed by atoms with van der Waals surface area (Å²) >= 11 is 3.47. The SMILES string of the molecule is CCC(c1ccc(C)cc1)n1nc(C)c(Br)c1N. The molecule has 96 valence electrons. The molecule has 1 aromatic heterocycles. The van der Waals surface area contributed by atoms with E-state index in [1.165, 1.54) is 11.1 Å². The van der Waals surface area contributed by atoms with E-state index in [0.717, 1.165) is 16.6 Å². The molecule has 0 aliphatic carbocycles. The molecular formula is C14H18BrN3. The van der Waals surface area contributed by atoms with Crippen LogP contribution < -0.4 is 5.73 Å². The smallest absolute Gasteiger partial charge is 0.137 e. The first-order valence-electron chi connectivity index (χ1n) is 6.11. The number of nitrogens with zero attached hydrogens (tertiary/aromatic N) is 2. The summed E-state index contributed by atoms with van der Waals surface area (Å²) < 4.78 is 2.80. The summed E-state index contributed by atoms with van der Waals surface area (Å²) in [5, 5.41) is 4.52. The van der Waals surface area contributed by atoms with E-state index in [1.807, 2.05) is 11.6 Å². The Morgan fingerprint density at radius 3 is 2.33 bits per heavy atom. The van der Waals surface area contributed by atoms with Crippen molar-refractivity contribution in [1.29, 1.82) is 0 Å². The lowest BCUT2D eigenvalue weighted by atomic mass is 10.0. The Hall–Kier alpha value is -1.29. The molecule has 0 saturated heterocycles. The molecule has 0 spiro atoms. The number of nitrogen functional groups attached to an aromatic ring is 1. The third kappa shape index (κ3) is 2.29. The summed E-state index contributed by atoms with van der Waals surface area (Å²) in [5.41, 5.74) is 9.53. The van der Waals surface area contributed by atoms with Gasteiger partial charge >= 0.3 is 0 Å². The Kier molecular flexibility index (Phi) is 3.76. The molecule has 2 N–H and O–H groups in total. The minimum absolute atomic E-state index is 0.190. The predicted octanol–water partition coefficient (Wildman–Crippen LogP) is 3.84. The van der Waals surface area contributed by atoms with Gasteiger partial charge in [-0.1, -0.05) is 36.8 Å². The van der Waals surface area contributed by atoms with Crippen molar-refractivity contribution < 1.29 is 0 Å². The van der Waals surface area contributed by atoms with Gasteiger partial charge in [0.05, 0.1) is 16.2 Å². The van der Waals surface area contributed by atoms with Crippen LogP contribution in [0.15, 0.2) is 28.7 Å². The normalized spacial score (nSPS) is 12.7. The van der Waals surface area contributed by atoms with Crippen molar-refractivity contribution in [3.8, 4) is 0 Å². The Morgan fingerprint density at radius 2 is 1.89 bits per heavy atom. The molecule has 1 heterocycles. The summed E-state index contributed by atoms with van der Waals surface area (Å²) in [4.78, 5) is 0. The van der Waals surface area contributed by atoms with Crippen LogP contribution in [0.25, 0.3) is 0 Å². The van der Waals surface area contributed by atoms with Gasteiger partial charge in [0.15, 0.2) is 0 Å². The highest BCUT2D eigenvalue weighted by molar-refractivity contribution is 9.10. The van der Waals surface area contributed by atoms with Gasteiger partial charge in [-0.15, -0.1) is 0 Å². The Bertz CT molecular complexity index is 543. The molecule has 4 heteroatoms. The second-order valence-electron chi connectivity index (χ2n) is 4.56. The van der Waals surface area contributed by atoms with Crippen molar-refractivity contribution >= 4 is 21.7 Å². The van der Waals surface area contributed by atoms with Gasteiger partial charge < -0.3 is 5.73 Å². The van der Waals surface area contributed by atoms with Gasteiger partial charge in [0, 0.05) is 0 Å². The Balaban J connectivity index is 2.45. The van der Waals surface area contributed by atoms with Crippen molar-refractivity contribution in [3.05, 3.63) is 45.6 Å². The number of benzene rings is 1. The van der Waals surface area contributed by atoms with Crippen LogP contribution in [0, 0.1) is 13.8 Å². The van der Waals surface area contributed by atoms with E-state index >= 15 is 0 Å². The van der Waals surface area contributed by atoms with Gasteiger partial charge in [0.2, 0.25) is 0 Å². The largest absolute Gasteiger partial charge is 0.383 e. The number of anilines is 1. The monoisotopic (exact) mass is 307 g/mol. The van der Waals surface area contributed by atoms with Crippen LogP contribution in [0.5, 0.6) is 0 Å². The predicted molar refractivity (Wildman–Crippen MR) is 78.7 cm³/mol. The zero-order valence-electron chi connectivity index (χ0n) is 10.9. The highest BCUT2D eigenvalue weighted by atomic mass is 79.9.